The van der Waals surface area contributed by atoms with Crippen molar-refractivity contribution < 1.29 is 17.9 Å². The van der Waals surface area contributed by atoms with Crippen molar-refractivity contribution in [3.05, 3.63) is 53.3 Å². The second kappa shape index (κ2) is 10.7. The summed E-state index contributed by atoms with van der Waals surface area (Å²) >= 11 is 6.33. The van der Waals surface area contributed by atoms with E-state index in [9.17, 15) is 13.2 Å². The molecule has 1 amide bonds. The molecule has 4 aliphatic rings. The normalized spacial score (nSPS) is 22.2. The smallest absolute Gasteiger partial charge is 0.281 e. The van der Waals surface area contributed by atoms with Gasteiger partial charge >= 0.3 is 0 Å². The Balaban J connectivity index is 0.929. The van der Waals surface area contributed by atoms with Crippen LogP contribution in [0.4, 0.5) is 5.82 Å². The Morgan fingerprint density at radius 3 is 2.57 bits per heavy atom. The number of anilines is 1. The monoisotopic (exact) mass is 639 g/mol. The molecule has 11 nitrogen and oxygen atoms in total. The Hall–Kier alpha value is -3.22. The predicted molar refractivity (Wildman–Crippen MR) is 165 cm³/mol. The maximum atomic E-state index is 13.0. The van der Waals surface area contributed by atoms with Gasteiger partial charge in [0.05, 0.1) is 12.2 Å². The third kappa shape index (κ3) is 5.56. The minimum atomic E-state index is -4.26. The zero-order valence-corrected chi connectivity index (χ0v) is 26.5. The summed E-state index contributed by atoms with van der Waals surface area (Å²) in [5.74, 6) is 1.68. The number of ether oxygens (including phenoxy) is 1. The summed E-state index contributed by atoms with van der Waals surface area (Å²) in [6.07, 6.45) is 10.2. The molecule has 3 saturated carbocycles. The highest BCUT2D eigenvalue weighted by Gasteiger charge is 2.86. The Morgan fingerprint density at radius 1 is 1.11 bits per heavy atom. The van der Waals surface area contributed by atoms with E-state index in [0.29, 0.717) is 53.3 Å². The van der Waals surface area contributed by atoms with Gasteiger partial charge in [0.25, 0.3) is 15.9 Å². The van der Waals surface area contributed by atoms with E-state index in [1.165, 1.54) is 42.5 Å². The molecule has 13 heteroatoms. The van der Waals surface area contributed by atoms with Crippen LogP contribution >= 0.6 is 11.6 Å². The summed E-state index contributed by atoms with van der Waals surface area (Å²) in [7, 11) is -4.26. The van der Waals surface area contributed by atoms with Crippen LogP contribution in [0.5, 0.6) is 5.88 Å². The van der Waals surface area contributed by atoms with Crippen molar-refractivity contribution in [2.45, 2.75) is 69.4 Å². The molecule has 3 aromatic rings. The van der Waals surface area contributed by atoms with Crippen molar-refractivity contribution in [2.24, 2.45) is 22.7 Å². The van der Waals surface area contributed by atoms with E-state index in [0.717, 1.165) is 25.8 Å². The molecule has 1 aliphatic heterocycles. The second-order valence-electron chi connectivity index (χ2n) is 13.5. The third-order valence-corrected chi connectivity index (χ3v) is 11.6. The van der Waals surface area contributed by atoms with Crippen molar-refractivity contribution in [3.63, 3.8) is 0 Å². The van der Waals surface area contributed by atoms with Crippen molar-refractivity contribution in [1.29, 1.82) is 0 Å². The van der Waals surface area contributed by atoms with Gasteiger partial charge in [-0.3, -0.25) is 4.79 Å². The van der Waals surface area contributed by atoms with Crippen molar-refractivity contribution >= 4 is 33.3 Å². The van der Waals surface area contributed by atoms with Crippen LogP contribution in [0, 0.1) is 22.7 Å². The molecule has 7 rings (SSSR count). The summed E-state index contributed by atoms with van der Waals surface area (Å²) < 4.78 is 35.6. The molecule has 0 aromatic carbocycles. The molecule has 3 N–H and O–H groups in total. The zero-order chi connectivity index (χ0) is 30.7. The fraction of sp³-hybridized carbons (Fsp3) is 0.548. The molecule has 4 fully saturated rings. The van der Waals surface area contributed by atoms with E-state index >= 15 is 0 Å². The van der Waals surface area contributed by atoms with Gasteiger partial charge in [-0.15, -0.1) is 5.10 Å². The number of carbonyl (C=O) groups excluding carboxylic acids is 1. The third-order valence-electron chi connectivity index (χ3n) is 10.1. The number of rotatable bonds is 12. The SMILES string of the molecule is CC1(C)CC(CCCNc2cccc(S(=O)(=O)NC(=O)c3ccc(-n4ccc(OCC5C6(CC6)C56CC6)n4)nc3Cl)n2)CN1. The van der Waals surface area contributed by atoms with Gasteiger partial charge in [-0.1, -0.05) is 17.7 Å². The summed E-state index contributed by atoms with van der Waals surface area (Å²) in [6.45, 7) is 6.79. The van der Waals surface area contributed by atoms with E-state index in [2.05, 4.69) is 44.3 Å². The van der Waals surface area contributed by atoms with Crippen LogP contribution in [0.25, 0.3) is 5.82 Å². The van der Waals surface area contributed by atoms with Crippen LogP contribution in [0.3, 0.4) is 0 Å². The number of hydrogen-bond acceptors (Lipinski definition) is 9. The number of hydrogen-bond donors (Lipinski definition) is 3. The number of nitrogens with zero attached hydrogens (tertiary/aromatic N) is 4. The minimum Gasteiger partial charge on any atom is -0.476 e. The Bertz CT molecular complexity index is 1680. The Labute approximate surface area is 262 Å². The Morgan fingerprint density at radius 2 is 1.89 bits per heavy atom. The van der Waals surface area contributed by atoms with Crippen LogP contribution in [0.2, 0.25) is 5.15 Å². The van der Waals surface area contributed by atoms with Gasteiger partial charge < -0.3 is 15.4 Å². The van der Waals surface area contributed by atoms with Gasteiger partial charge in [0.1, 0.15) is 11.0 Å². The van der Waals surface area contributed by atoms with Crippen LogP contribution < -0.4 is 20.1 Å². The number of sulfonamides is 1. The summed E-state index contributed by atoms with van der Waals surface area (Å²) in [4.78, 5) is 21.4. The molecule has 0 radical (unpaired) electrons. The fourth-order valence-electron chi connectivity index (χ4n) is 7.51. The van der Waals surface area contributed by atoms with Gasteiger partial charge in [0.2, 0.25) is 5.88 Å². The lowest BCUT2D eigenvalue weighted by Gasteiger charge is -2.17. The van der Waals surface area contributed by atoms with Crippen LogP contribution in [0.15, 0.2) is 47.6 Å². The molecule has 3 aliphatic carbocycles. The van der Waals surface area contributed by atoms with E-state index in [1.807, 2.05) is 0 Å². The number of pyridine rings is 2. The van der Waals surface area contributed by atoms with Gasteiger partial charge in [-0.05, 0) is 106 Å². The highest BCUT2D eigenvalue weighted by atomic mass is 35.5. The lowest BCUT2D eigenvalue weighted by Crippen LogP contribution is -2.31. The maximum Gasteiger partial charge on any atom is 0.281 e. The first-order valence-electron chi connectivity index (χ1n) is 15.4. The van der Waals surface area contributed by atoms with Crippen LogP contribution in [-0.4, -0.2) is 59.3 Å². The first-order valence-corrected chi connectivity index (χ1v) is 17.3. The van der Waals surface area contributed by atoms with Crippen molar-refractivity contribution in [2.75, 3.05) is 25.0 Å². The van der Waals surface area contributed by atoms with E-state index in [-0.39, 0.29) is 21.3 Å². The quantitative estimate of drug-likeness (QED) is 0.192. The number of carbonyl (C=O) groups is 1. The molecular formula is C31H38ClN7O4S. The summed E-state index contributed by atoms with van der Waals surface area (Å²) in [5.41, 5.74) is 1.23. The van der Waals surface area contributed by atoms with Crippen LogP contribution in [0.1, 0.15) is 69.2 Å². The molecular weight excluding hydrogens is 602 g/mol. The lowest BCUT2D eigenvalue weighted by atomic mass is 9.94. The number of nitrogens with one attached hydrogen (secondary N) is 3. The molecule has 1 saturated heterocycles. The molecule has 234 valence electrons. The van der Waals surface area contributed by atoms with Crippen molar-refractivity contribution in [1.82, 2.24) is 29.8 Å². The Kier molecular flexibility index (Phi) is 7.17. The molecule has 4 heterocycles. The van der Waals surface area contributed by atoms with Crippen LogP contribution in [-0.2, 0) is 10.0 Å². The molecule has 44 heavy (non-hydrogen) atoms. The average Bonchev–Trinajstić information content (AvgIpc) is 3.93. The lowest BCUT2D eigenvalue weighted by molar-refractivity contribution is 0.0981. The minimum absolute atomic E-state index is 0.0836. The van der Waals surface area contributed by atoms with Gasteiger partial charge in [-0.2, -0.15) is 8.42 Å². The maximum absolute atomic E-state index is 13.0. The summed E-state index contributed by atoms with van der Waals surface area (Å²) in [5, 5.41) is 10.8. The number of aromatic nitrogens is 4. The second-order valence-corrected chi connectivity index (χ2v) is 15.5. The molecule has 0 bridgehead atoms. The van der Waals surface area contributed by atoms with E-state index in [4.69, 9.17) is 16.3 Å². The van der Waals surface area contributed by atoms with E-state index < -0.39 is 15.9 Å². The molecule has 3 aromatic heterocycles. The molecule has 1 atom stereocenters. The molecule has 2 spiro atoms. The largest absolute Gasteiger partial charge is 0.476 e. The standard InChI is InChI=1S/C31H38ClN7O4S/c1-29(2)17-20(18-34-29)5-4-15-33-23-6-3-7-26(35-23)44(41,42)38-28(40)21-8-9-24(36-27(21)32)39-16-10-25(37-39)43-19-22-30(11-12-30)31(22)13-14-31/h3,6-10,16,20,22,34H,4-5,11-15,17-19H2,1-2H3,(H,33,35)(H,38,40). The fourth-order valence-corrected chi connectivity index (χ4v) is 8.68. The first kappa shape index (κ1) is 29.5. The van der Waals surface area contributed by atoms with E-state index in [1.54, 1.807) is 30.5 Å². The highest BCUT2D eigenvalue weighted by molar-refractivity contribution is 7.90. The average molecular weight is 640 g/mol. The van der Waals surface area contributed by atoms with Gasteiger partial charge in [-0.25, -0.2) is 19.4 Å². The number of halogens is 1. The first-order chi connectivity index (χ1) is 21.0. The predicted octanol–water partition coefficient (Wildman–Crippen LogP) is 4.58. The molecule has 1 unspecified atom stereocenters. The number of amides is 1. The highest BCUT2D eigenvalue weighted by Crippen LogP contribution is 2.92. The van der Waals surface area contributed by atoms with Crippen molar-refractivity contribution in [3.8, 4) is 11.7 Å². The van der Waals surface area contributed by atoms with Gasteiger partial charge in [0, 0.05) is 30.3 Å². The van der Waals surface area contributed by atoms with Gasteiger partial charge in [0.15, 0.2) is 10.8 Å². The summed E-state index contributed by atoms with van der Waals surface area (Å²) in [6, 6.07) is 9.36. The zero-order valence-electron chi connectivity index (χ0n) is 25.0. The topological polar surface area (TPSA) is 140 Å². The number of fused-ring (bicyclic) bond motifs is 1.